The third-order valence-electron chi connectivity index (χ3n) is 4.00. The summed E-state index contributed by atoms with van der Waals surface area (Å²) < 4.78 is 10.9. The lowest BCUT2D eigenvalue weighted by atomic mass is 10.3. The lowest BCUT2D eigenvalue weighted by Gasteiger charge is -2.37. The first kappa shape index (κ1) is 16.1. The predicted octanol–water partition coefficient (Wildman–Crippen LogP) is 0.697. The van der Waals surface area contributed by atoms with Gasteiger partial charge >= 0.3 is 8.56 Å². The molecule has 0 amide bonds. The SMILES string of the molecule is CCN1CCN(C(O)CC[Si](C)(OC)OC)CC1. The first-order valence-corrected chi connectivity index (χ1v) is 9.31. The Balaban J connectivity index is 2.31. The number of nitrogens with zero attached hydrogens (tertiary/aromatic N) is 2. The summed E-state index contributed by atoms with van der Waals surface area (Å²) in [4.78, 5) is 4.57. The number of rotatable bonds is 7. The minimum absolute atomic E-state index is 0.360. The van der Waals surface area contributed by atoms with Crippen LogP contribution in [-0.2, 0) is 8.85 Å². The maximum Gasteiger partial charge on any atom is 0.334 e. The van der Waals surface area contributed by atoms with E-state index in [-0.39, 0.29) is 6.23 Å². The van der Waals surface area contributed by atoms with E-state index in [2.05, 4.69) is 16.7 Å². The molecule has 18 heavy (non-hydrogen) atoms. The molecule has 0 spiro atoms. The summed E-state index contributed by atoms with van der Waals surface area (Å²) in [6.07, 6.45) is 0.373. The van der Waals surface area contributed by atoms with Gasteiger partial charge in [0.15, 0.2) is 0 Å². The molecule has 5 nitrogen and oxygen atoms in total. The molecule has 1 aliphatic rings. The summed E-state index contributed by atoms with van der Waals surface area (Å²) in [6, 6.07) is 0.829. The normalized spacial score (nSPS) is 21.2. The molecule has 0 bridgehead atoms. The quantitative estimate of drug-likeness (QED) is 0.694. The lowest BCUT2D eigenvalue weighted by molar-refractivity contribution is -0.0272. The molecule has 1 heterocycles. The van der Waals surface area contributed by atoms with E-state index in [9.17, 15) is 5.11 Å². The van der Waals surface area contributed by atoms with Crippen LogP contribution in [0.5, 0.6) is 0 Å². The second-order valence-electron chi connectivity index (χ2n) is 5.03. The van der Waals surface area contributed by atoms with Crippen LogP contribution in [0.1, 0.15) is 13.3 Å². The topological polar surface area (TPSA) is 45.2 Å². The molecule has 1 saturated heterocycles. The van der Waals surface area contributed by atoms with Crippen LogP contribution in [0.2, 0.25) is 12.6 Å². The van der Waals surface area contributed by atoms with E-state index in [0.29, 0.717) is 0 Å². The van der Waals surface area contributed by atoms with Gasteiger partial charge in [-0.3, -0.25) is 4.90 Å². The molecule has 1 N–H and O–H groups in total. The van der Waals surface area contributed by atoms with Crippen molar-refractivity contribution in [1.82, 2.24) is 9.80 Å². The lowest BCUT2D eigenvalue weighted by Crippen LogP contribution is -2.50. The number of hydrogen-bond acceptors (Lipinski definition) is 5. The van der Waals surface area contributed by atoms with E-state index in [1.54, 1.807) is 14.2 Å². The van der Waals surface area contributed by atoms with Crippen LogP contribution in [0.3, 0.4) is 0 Å². The van der Waals surface area contributed by atoms with E-state index in [0.717, 1.165) is 45.2 Å². The smallest absolute Gasteiger partial charge is 0.334 e. The molecule has 1 atom stereocenters. The second-order valence-corrected chi connectivity index (χ2v) is 8.62. The summed E-state index contributed by atoms with van der Waals surface area (Å²) in [7, 11) is 1.35. The fourth-order valence-corrected chi connectivity index (χ4v) is 3.60. The summed E-state index contributed by atoms with van der Waals surface area (Å²) >= 11 is 0. The molecular weight excluding hydrogens is 248 g/mol. The van der Waals surface area contributed by atoms with Crippen LogP contribution in [0.25, 0.3) is 0 Å². The first-order valence-electron chi connectivity index (χ1n) is 6.79. The van der Waals surface area contributed by atoms with Gasteiger partial charge in [-0.25, -0.2) is 0 Å². The van der Waals surface area contributed by atoms with E-state index in [4.69, 9.17) is 8.85 Å². The number of aliphatic hydroxyl groups excluding tert-OH is 1. The van der Waals surface area contributed by atoms with Crippen molar-refractivity contribution in [2.45, 2.75) is 32.2 Å². The fraction of sp³-hybridized carbons (Fsp3) is 1.00. The van der Waals surface area contributed by atoms with Gasteiger partial charge in [0.05, 0.1) is 0 Å². The maximum absolute atomic E-state index is 10.2. The summed E-state index contributed by atoms with van der Waals surface area (Å²) in [5, 5.41) is 10.2. The third kappa shape index (κ3) is 4.60. The molecular formula is C12H28N2O3Si. The average Bonchev–Trinajstić information content (AvgIpc) is 2.44. The van der Waals surface area contributed by atoms with Gasteiger partial charge in [-0.1, -0.05) is 6.92 Å². The molecule has 0 aromatic rings. The Morgan fingerprint density at radius 2 is 1.72 bits per heavy atom. The molecule has 0 saturated carbocycles. The molecule has 0 aromatic heterocycles. The number of aliphatic hydroxyl groups is 1. The van der Waals surface area contributed by atoms with Crippen molar-refractivity contribution >= 4 is 8.56 Å². The molecule has 1 aliphatic heterocycles. The van der Waals surface area contributed by atoms with Crippen molar-refractivity contribution in [3.05, 3.63) is 0 Å². The van der Waals surface area contributed by atoms with Crippen molar-refractivity contribution < 1.29 is 14.0 Å². The number of hydrogen-bond donors (Lipinski definition) is 1. The van der Waals surface area contributed by atoms with E-state index < -0.39 is 8.56 Å². The van der Waals surface area contributed by atoms with E-state index in [1.165, 1.54) is 0 Å². The van der Waals surface area contributed by atoms with Gasteiger partial charge in [0.1, 0.15) is 6.23 Å². The Bertz CT molecular complexity index is 231. The minimum atomic E-state index is -2.04. The summed E-state index contributed by atoms with van der Waals surface area (Å²) in [6.45, 7) is 9.32. The van der Waals surface area contributed by atoms with Crippen LogP contribution < -0.4 is 0 Å². The van der Waals surface area contributed by atoms with Crippen LogP contribution in [-0.4, -0.2) is 76.6 Å². The van der Waals surface area contributed by atoms with Crippen molar-refractivity contribution in [2.75, 3.05) is 46.9 Å². The molecule has 1 rings (SSSR count). The molecule has 1 fully saturated rings. The second kappa shape index (κ2) is 7.57. The molecule has 0 aromatic carbocycles. The van der Waals surface area contributed by atoms with Gasteiger partial charge in [-0.15, -0.1) is 0 Å². The van der Waals surface area contributed by atoms with Crippen molar-refractivity contribution in [2.24, 2.45) is 0 Å². The fourth-order valence-electron chi connectivity index (χ4n) is 2.24. The largest absolute Gasteiger partial charge is 0.398 e. The summed E-state index contributed by atoms with van der Waals surface area (Å²) in [5.41, 5.74) is 0. The zero-order valence-corrected chi connectivity index (χ0v) is 13.2. The highest BCUT2D eigenvalue weighted by Crippen LogP contribution is 2.17. The van der Waals surface area contributed by atoms with Gasteiger partial charge in [0.25, 0.3) is 0 Å². The van der Waals surface area contributed by atoms with Crippen LogP contribution in [0, 0.1) is 0 Å². The van der Waals surface area contributed by atoms with Crippen molar-refractivity contribution in [3.8, 4) is 0 Å². The monoisotopic (exact) mass is 276 g/mol. The zero-order chi connectivity index (χ0) is 13.6. The highest BCUT2D eigenvalue weighted by atomic mass is 28.4. The van der Waals surface area contributed by atoms with E-state index in [1.807, 2.05) is 6.55 Å². The Morgan fingerprint density at radius 3 is 2.17 bits per heavy atom. The van der Waals surface area contributed by atoms with Gasteiger partial charge in [-0.2, -0.15) is 0 Å². The highest BCUT2D eigenvalue weighted by molar-refractivity contribution is 6.65. The maximum atomic E-state index is 10.2. The van der Waals surface area contributed by atoms with Gasteiger partial charge in [0, 0.05) is 40.4 Å². The van der Waals surface area contributed by atoms with Gasteiger partial charge < -0.3 is 18.9 Å². The first-order chi connectivity index (χ1) is 8.54. The Kier molecular flexibility index (Phi) is 6.76. The van der Waals surface area contributed by atoms with E-state index >= 15 is 0 Å². The van der Waals surface area contributed by atoms with Crippen LogP contribution >= 0.6 is 0 Å². The van der Waals surface area contributed by atoms with Gasteiger partial charge in [-0.05, 0) is 25.6 Å². The van der Waals surface area contributed by atoms with Crippen molar-refractivity contribution in [3.63, 3.8) is 0 Å². The Hall–Kier alpha value is 0.0169. The van der Waals surface area contributed by atoms with Crippen LogP contribution in [0.15, 0.2) is 0 Å². The molecule has 0 radical (unpaired) electrons. The average molecular weight is 276 g/mol. The summed E-state index contributed by atoms with van der Waals surface area (Å²) in [5.74, 6) is 0. The number of likely N-dealkylation sites (N-methyl/N-ethyl adjacent to an activating group) is 1. The van der Waals surface area contributed by atoms with Crippen LogP contribution in [0.4, 0.5) is 0 Å². The molecule has 6 heteroatoms. The zero-order valence-electron chi connectivity index (χ0n) is 12.2. The molecule has 0 aliphatic carbocycles. The highest BCUT2D eigenvalue weighted by Gasteiger charge is 2.31. The Morgan fingerprint density at radius 1 is 1.17 bits per heavy atom. The standard InChI is InChI=1S/C12H28N2O3Si/c1-5-13-7-9-14(10-8-13)12(15)6-11-18(4,16-2)17-3/h12,15H,5-11H2,1-4H3. The third-order valence-corrected chi connectivity index (χ3v) is 6.92. The number of piperazine rings is 1. The Labute approximate surface area is 112 Å². The molecule has 108 valence electrons. The predicted molar refractivity (Wildman–Crippen MR) is 74.8 cm³/mol. The minimum Gasteiger partial charge on any atom is -0.398 e. The molecule has 1 unspecified atom stereocenters. The van der Waals surface area contributed by atoms with Crippen molar-refractivity contribution in [1.29, 1.82) is 0 Å². The van der Waals surface area contributed by atoms with Gasteiger partial charge in [0.2, 0.25) is 0 Å².